The van der Waals surface area contributed by atoms with Crippen molar-refractivity contribution in [1.29, 1.82) is 0 Å². The summed E-state index contributed by atoms with van der Waals surface area (Å²) in [7, 11) is 0. The number of fused-ring (bicyclic) bond motifs is 1. The average Bonchev–Trinajstić information content (AvgIpc) is 2.30. The number of hydrogen-bond donors (Lipinski definition) is 0. The van der Waals surface area contributed by atoms with Crippen molar-refractivity contribution in [2.45, 2.75) is 45.4 Å². The van der Waals surface area contributed by atoms with Crippen molar-refractivity contribution in [3.63, 3.8) is 0 Å². The number of hydroxylamine groups is 3. The fourth-order valence-electron chi connectivity index (χ4n) is 2.98. The van der Waals surface area contributed by atoms with Gasteiger partial charge in [-0.1, -0.05) is 25.5 Å². The molecule has 2 atom stereocenters. The van der Waals surface area contributed by atoms with Crippen LogP contribution < -0.4 is 0 Å². The lowest BCUT2D eigenvalue weighted by Crippen LogP contribution is -2.48. The Labute approximate surface area is 98.8 Å². The molecule has 0 aromatic carbocycles. The van der Waals surface area contributed by atoms with Crippen LogP contribution in [0.1, 0.15) is 45.4 Å². The first kappa shape index (κ1) is 11.9. The molecule has 16 heavy (non-hydrogen) atoms. The molecule has 1 fully saturated rings. The second kappa shape index (κ2) is 5.15. The molecule has 0 saturated carbocycles. The molecule has 1 aliphatic heterocycles. The van der Waals surface area contributed by atoms with E-state index in [1.807, 2.05) is 0 Å². The molecule has 0 aromatic rings. The molecule has 2 heteroatoms. The molecular weight excluding hydrogens is 198 g/mol. The van der Waals surface area contributed by atoms with Gasteiger partial charge in [-0.2, -0.15) is 0 Å². The zero-order valence-electron chi connectivity index (χ0n) is 10.3. The van der Waals surface area contributed by atoms with Gasteiger partial charge < -0.3 is 9.85 Å². The third-order valence-electron chi connectivity index (χ3n) is 3.91. The van der Waals surface area contributed by atoms with E-state index in [0.29, 0.717) is 5.92 Å². The zero-order chi connectivity index (χ0) is 11.4. The number of hydrogen-bond acceptors (Lipinski definition) is 1. The Morgan fingerprint density at radius 3 is 3.12 bits per heavy atom. The smallest absolute Gasteiger partial charge is 0.112 e. The lowest BCUT2D eigenvalue weighted by molar-refractivity contribution is -0.851. The first-order chi connectivity index (χ1) is 7.76. The highest BCUT2D eigenvalue weighted by atomic mass is 16.5. The van der Waals surface area contributed by atoms with Gasteiger partial charge in [0.15, 0.2) is 0 Å². The summed E-state index contributed by atoms with van der Waals surface area (Å²) in [6.07, 6.45) is 13.2. The van der Waals surface area contributed by atoms with E-state index < -0.39 is 0 Å². The summed E-state index contributed by atoms with van der Waals surface area (Å²) in [5.41, 5.74) is 1.16. The van der Waals surface area contributed by atoms with E-state index in [1.54, 1.807) is 0 Å². The highest BCUT2D eigenvalue weighted by molar-refractivity contribution is 5.17. The largest absolute Gasteiger partial charge is 0.628 e. The third kappa shape index (κ3) is 2.38. The van der Waals surface area contributed by atoms with Crippen molar-refractivity contribution in [3.8, 4) is 0 Å². The highest BCUT2D eigenvalue weighted by Gasteiger charge is 2.34. The number of allylic oxidation sites excluding steroid dienone is 4. The Balaban J connectivity index is 2.05. The zero-order valence-corrected chi connectivity index (χ0v) is 10.3. The fourth-order valence-corrected chi connectivity index (χ4v) is 2.98. The van der Waals surface area contributed by atoms with Gasteiger partial charge in [-0.25, -0.2) is 0 Å². The van der Waals surface area contributed by atoms with Crippen LogP contribution in [-0.4, -0.2) is 17.7 Å². The number of likely N-dealkylation sites (tertiary alicyclic amines) is 1. The van der Waals surface area contributed by atoms with Crippen LogP contribution in [0.5, 0.6) is 0 Å². The quantitative estimate of drug-likeness (QED) is 0.403. The average molecular weight is 221 g/mol. The molecule has 0 radical (unpaired) electrons. The molecule has 0 N–H and O–H groups in total. The second-order valence-corrected chi connectivity index (χ2v) is 5.14. The van der Waals surface area contributed by atoms with Crippen LogP contribution in [0.2, 0.25) is 0 Å². The Hall–Kier alpha value is -0.600. The van der Waals surface area contributed by atoms with Gasteiger partial charge in [0.25, 0.3) is 0 Å². The van der Waals surface area contributed by atoms with Crippen LogP contribution in [-0.2, 0) is 0 Å². The minimum Gasteiger partial charge on any atom is -0.628 e. The van der Waals surface area contributed by atoms with Crippen LogP contribution in [0.15, 0.2) is 23.9 Å². The summed E-state index contributed by atoms with van der Waals surface area (Å²) in [4.78, 5) is 0. The number of nitrogens with zero attached hydrogens (tertiary/aromatic N) is 1. The first-order valence-corrected chi connectivity index (χ1v) is 6.71. The Morgan fingerprint density at radius 2 is 2.31 bits per heavy atom. The van der Waals surface area contributed by atoms with Crippen LogP contribution in [0.3, 0.4) is 0 Å². The van der Waals surface area contributed by atoms with E-state index in [0.717, 1.165) is 38.0 Å². The minimum atomic E-state index is -0.0188. The summed E-state index contributed by atoms with van der Waals surface area (Å²) in [5.74, 6) is 0.540. The molecule has 1 saturated heterocycles. The van der Waals surface area contributed by atoms with Crippen molar-refractivity contribution in [1.82, 2.24) is 0 Å². The monoisotopic (exact) mass is 221 g/mol. The number of rotatable bonds is 4. The maximum absolute atomic E-state index is 12.8. The van der Waals surface area contributed by atoms with Crippen molar-refractivity contribution in [2.75, 3.05) is 13.1 Å². The van der Waals surface area contributed by atoms with Gasteiger partial charge in [0, 0.05) is 5.92 Å². The Kier molecular flexibility index (Phi) is 3.82. The molecule has 1 aliphatic carbocycles. The molecule has 0 bridgehead atoms. The number of unbranched alkanes of at least 4 members (excludes halogenated alkanes) is 2. The first-order valence-electron chi connectivity index (χ1n) is 6.71. The predicted molar refractivity (Wildman–Crippen MR) is 67.5 cm³/mol. The fraction of sp³-hybridized carbons (Fsp3) is 0.714. The number of piperidine rings is 1. The van der Waals surface area contributed by atoms with E-state index in [1.165, 1.54) is 19.3 Å². The van der Waals surface area contributed by atoms with Gasteiger partial charge in [-0.3, -0.25) is 0 Å². The van der Waals surface area contributed by atoms with Crippen molar-refractivity contribution in [3.05, 3.63) is 29.1 Å². The van der Waals surface area contributed by atoms with E-state index in [4.69, 9.17) is 0 Å². The van der Waals surface area contributed by atoms with Crippen molar-refractivity contribution in [2.24, 2.45) is 5.92 Å². The van der Waals surface area contributed by atoms with Crippen LogP contribution in [0, 0.1) is 11.1 Å². The third-order valence-corrected chi connectivity index (χ3v) is 3.91. The standard InChI is InChI=1S/C14H23NO/c1-2-3-6-11-15(16)12-7-9-13-8-4-5-10-14(13)15/h4-5,10,13H,2-3,6-9,11-12H2,1H3. The van der Waals surface area contributed by atoms with Crippen molar-refractivity contribution < 1.29 is 4.65 Å². The van der Waals surface area contributed by atoms with E-state index in [-0.39, 0.29) is 4.65 Å². The topological polar surface area (TPSA) is 23.1 Å². The van der Waals surface area contributed by atoms with Gasteiger partial charge in [-0.15, -0.1) is 0 Å². The van der Waals surface area contributed by atoms with E-state index >= 15 is 0 Å². The molecule has 2 unspecified atom stereocenters. The molecule has 2 aliphatic rings. The molecule has 0 aromatic heterocycles. The van der Waals surface area contributed by atoms with Gasteiger partial charge in [-0.05, 0) is 38.2 Å². The van der Waals surface area contributed by atoms with Crippen LogP contribution >= 0.6 is 0 Å². The van der Waals surface area contributed by atoms with Crippen molar-refractivity contribution >= 4 is 0 Å². The molecule has 2 rings (SSSR count). The summed E-state index contributed by atoms with van der Waals surface area (Å²) in [5, 5.41) is 12.8. The van der Waals surface area contributed by atoms with Crippen LogP contribution in [0.4, 0.5) is 0 Å². The van der Waals surface area contributed by atoms with Gasteiger partial charge in [0.05, 0.1) is 13.1 Å². The summed E-state index contributed by atoms with van der Waals surface area (Å²) in [6, 6.07) is 0. The SMILES string of the molecule is CCCCC[N+]1([O-])CCCC2CC=CC=C21. The molecular formula is C14H23NO. The van der Waals surface area contributed by atoms with E-state index in [9.17, 15) is 5.21 Å². The molecule has 0 amide bonds. The Bertz CT molecular complexity index is 295. The molecule has 90 valence electrons. The Morgan fingerprint density at radius 1 is 1.44 bits per heavy atom. The summed E-state index contributed by atoms with van der Waals surface area (Å²) < 4.78 is -0.0188. The predicted octanol–water partition coefficient (Wildman–Crippen LogP) is 3.75. The molecule has 1 heterocycles. The van der Waals surface area contributed by atoms with E-state index in [2.05, 4.69) is 25.2 Å². The van der Waals surface area contributed by atoms with Gasteiger partial charge in [0.2, 0.25) is 0 Å². The lowest BCUT2D eigenvalue weighted by atomic mass is 9.87. The maximum Gasteiger partial charge on any atom is 0.112 e. The molecule has 2 nitrogen and oxygen atoms in total. The molecule has 0 spiro atoms. The lowest BCUT2D eigenvalue weighted by Gasteiger charge is -2.50. The van der Waals surface area contributed by atoms with Gasteiger partial charge >= 0.3 is 0 Å². The second-order valence-electron chi connectivity index (χ2n) is 5.14. The summed E-state index contributed by atoms with van der Waals surface area (Å²) >= 11 is 0. The van der Waals surface area contributed by atoms with Gasteiger partial charge in [0.1, 0.15) is 5.70 Å². The summed E-state index contributed by atoms with van der Waals surface area (Å²) in [6.45, 7) is 3.79. The normalized spacial score (nSPS) is 33.4. The number of quaternary nitrogens is 1. The van der Waals surface area contributed by atoms with Crippen LogP contribution in [0.25, 0.3) is 0 Å². The maximum atomic E-state index is 12.8. The highest BCUT2D eigenvalue weighted by Crippen LogP contribution is 2.37. The minimum absolute atomic E-state index is 0.0188.